The monoisotopic (exact) mass is 424 g/mol. The van der Waals surface area contributed by atoms with Crippen molar-refractivity contribution < 1.29 is 19.5 Å². The van der Waals surface area contributed by atoms with E-state index in [1.54, 1.807) is 18.5 Å². The average Bonchev–Trinajstić information content (AvgIpc) is 2.93. The van der Waals surface area contributed by atoms with Crippen LogP contribution in [0.25, 0.3) is 17.2 Å². The highest BCUT2D eigenvalue weighted by molar-refractivity contribution is 6.05. The molecule has 0 fully saturated rings. The molecule has 10 heteroatoms. The first kappa shape index (κ1) is 21.9. The first-order valence-electron chi connectivity index (χ1n) is 9.82. The van der Waals surface area contributed by atoms with Gasteiger partial charge < -0.3 is 16.2 Å². The fraction of sp³-hybridized carbons (Fsp3) is 0.286. The lowest BCUT2D eigenvalue weighted by molar-refractivity contribution is -0.181. The van der Waals surface area contributed by atoms with Crippen molar-refractivity contribution in [2.75, 3.05) is 19.7 Å². The fourth-order valence-corrected chi connectivity index (χ4v) is 3.06. The molecule has 2 aromatic rings. The third kappa shape index (κ3) is 5.86. The van der Waals surface area contributed by atoms with Crippen molar-refractivity contribution >= 4 is 29.6 Å². The Labute approximate surface area is 179 Å². The lowest BCUT2D eigenvalue weighted by Gasteiger charge is -2.22. The minimum absolute atomic E-state index is 0.0357. The smallest absolute Gasteiger partial charge is 0.404 e. The van der Waals surface area contributed by atoms with Crippen molar-refractivity contribution in [3.8, 4) is 11.1 Å². The first-order valence-corrected chi connectivity index (χ1v) is 9.82. The molecule has 1 aliphatic rings. The molecule has 1 aliphatic heterocycles. The minimum Gasteiger partial charge on any atom is -0.465 e. The molecule has 0 saturated carbocycles. The van der Waals surface area contributed by atoms with Crippen molar-refractivity contribution in [2.45, 2.75) is 19.8 Å². The maximum atomic E-state index is 13.1. The van der Waals surface area contributed by atoms with Gasteiger partial charge in [-0.15, -0.1) is 0 Å². The summed E-state index contributed by atoms with van der Waals surface area (Å²) in [6, 6.07) is 5.66. The summed E-state index contributed by atoms with van der Waals surface area (Å²) in [5.41, 5.74) is 9.68. The Morgan fingerprint density at radius 1 is 1.26 bits per heavy atom. The van der Waals surface area contributed by atoms with E-state index >= 15 is 0 Å². The molecule has 10 nitrogen and oxygen atoms in total. The number of benzene rings is 1. The van der Waals surface area contributed by atoms with Gasteiger partial charge in [0.15, 0.2) is 0 Å². The van der Waals surface area contributed by atoms with Gasteiger partial charge in [-0.2, -0.15) is 0 Å². The quantitative estimate of drug-likeness (QED) is 0.436. The van der Waals surface area contributed by atoms with E-state index in [1.165, 1.54) is 11.4 Å². The van der Waals surface area contributed by atoms with E-state index in [1.807, 2.05) is 25.1 Å². The number of nitrogens with two attached hydrogens (primary N) is 1. The van der Waals surface area contributed by atoms with Crippen LogP contribution in [0, 0.1) is 0 Å². The number of hydroxylamine groups is 2. The average molecular weight is 424 g/mol. The Morgan fingerprint density at radius 3 is 2.74 bits per heavy atom. The van der Waals surface area contributed by atoms with E-state index < -0.39 is 6.09 Å². The summed E-state index contributed by atoms with van der Waals surface area (Å²) < 4.78 is 0. The lowest BCUT2D eigenvalue weighted by atomic mass is 10.0. The Morgan fingerprint density at radius 2 is 2.03 bits per heavy atom. The number of aromatic nitrogens is 2. The SMILES string of the molecule is CCCN(OCCNC(=O)O)C(=O)C1=Cc2ccc(-c3cncnc3)cc2N=C(N)C1. The Kier molecular flexibility index (Phi) is 7.28. The van der Waals surface area contributed by atoms with Crippen molar-refractivity contribution in [1.29, 1.82) is 0 Å². The van der Waals surface area contributed by atoms with Gasteiger partial charge in [-0.05, 0) is 24.1 Å². The molecule has 2 heterocycles. The maximum absolute atomic E-state index is 13.1. The van der Waals surface area contributed by atoms with Crippen LogP contribution in [0.4, 0.5) is 10.5 Å². The highest BCUT2D eigenvalue weighted by Gasteiger charge is 2.22. The van der Waals surface area contributed by atoms with Gasteiger partial charge in [0.2, 0.25) is 0 Å². The third-order valence-corrected chi connectivity index (χ3v) is 4.44. The van der Waals surface area contributed by atoms with Crippen LogP contribution >= 0.6 is 0 Å². The zero-order valence-corrected chi connectivity index (χ0v) is 17.1. The number of nitrogens with zero attached hydrogens (tertiary/aromatic N) is 4. The molecule has 0 unspecified atom stereocenters. The zero-order chi connectivity index (χ0) is 22.2. The number of hydrogen-bond acceptors (Lipinski definition) is 7. The van der Waals surface area contributed by atoms with Crippen LogP contribution in [0.1, 0.15) is 25.3 Å². The number of carbonyl (C=O) groups excluding carboxylic acids is 1. The minimum atomic E-state index is -1.15. The number of carboxylic acid groups (broad SMARTS) is 1. The van der Waals surface area contributed by atoms with E-state index in [2.05, 4.69) is 20.3 Å². The van der Waals surface area contributed by atoms with Gasteiger partial charge in [0.05, 0.1) is 12.3 Å². The number of fused-ring (bicyclic) bond motifs is 1. The van der Waals surface area contributed by atoms with Crippen molar-refractivity contribution in [2.24, 2.45) is 10.7 Å². The Hall–Kier alpha value is -3.79. The molecule has 2 amide bonds. The standard InChI is InChI=1S/C21H24N6O4/c1-2-6-27(31-7-5-25-21(29)30)20(28)16-8-15-4-3-14(17-11-23-13-24-12-17)9-18(15)26-19(22)10-16/h3-4,8-9,11-13,25H,2,5-7,10H2,1H3,(H2,22,26)(H,29,30). The second-order valence-electron chi connectivity index (χ2n) is 6.82. The van der Waals surface area contributed by atoms with E-state index in [9.17, 15) is 9.59 Å². The molecule has 0 atom stereocenters. The maximum Gasteiger partial charge on any atom is 0.404 e. The second kappa shape index (κ2) is 10.3. The largest absolute Gasteiger partial charge is 0.465 e. The normalized spacial score (nSPS) is 12.8. The number of nitrogens with one attached hydrogen (secondary N) is 1. The molecule has 31 heavy (non-hydrogen) atoms. The summed E-state index contributed by atoms with van der Waals surface area (Å²) in [4.78, 5) is 41.7. The van der Waals surface area contributed by atoms with Gasteiger partial charge >= 0.3 is 6.09 Å². The number of amidine groups is 1. The van der Waals surface area contributed by atoms with Crippen molar-refractivity contribution in [3.63, 3.8) is 0 Å². The summed E-state index contributed by atoms with van der Waals surface area (Å²) >= 11 is 0. The molecule has 4 N–H and O–H groups in total. The number of hydrogen-bond donors (Lipinski definition) is 3. The van der Waals surface area contributed by atoms with Gasteiger partial charge in [0.1, 0.15) is 12.2 Å². The third-order valence-electron chi connectivity index (χ3n) is 4.44. The Bertz CT molecular complexity index is 1010. The molecular weight excluding hydrogens is 400 g/mol. The summed E-state index contributed by atoms with van der Waals surface area (Å²) in [5, 5.41) is 12.1. The number of rotatable bonds is 8. The molecule has 0 spiro atoms. The molecular formula is C21H24N6O4. The van der Waals surface area contributed by atoms with E-state index in [4.69, 9.17) is 15.7 Å². The second-order valence-corrected chi connectivity index (χ2v) is 6.82. The number of aliphatic imine (C=N–C) groups is 1. The lowest BCUT2D eigenvalue weighted by Crippen LogP contribution is -2.36. The van der Waals surface area contributed by atoms with Gasteiger partial charge in [0, 0.05) is 48.6 Å². The van der Waals surface area contributed by atoms with Crippen LogP contribution < -0.4 is 11.1 Å². The van der Waals surface area contributed by atoms with Crippen molar-refractivity contribution in [1.82, 2.24) is 20.3 Å². The summed E-state index contributed by atoms with van der Waals surface area (Å²) in [6.07, 6.45) is 6.34. The predicted octanol–water partition coefficient (Wildman–Crippen LogP) is 2.36. The van der Waals surface area contributed by atoms with Gasteiger partial charge in [-0.1, -0.05) is 19.1 Å². The van der Waals surface area contributed by atoms with E-state index in [-0.39, 0.29) is 25.5 Å². The molecule has 0 bridgehead atoms. The predicted molar refractivity (Wildman–Crippen MR) is 115 cm³/mol. The molecule has 162 valence electrons. The fourth-order valence-electron chi connectivity index (χ4n) is 3.06. The topological polar surface area (TPSA) is 143 Å². The van der Waals surface area contributed by atoms with Crippen LogP contribution in [0.3, 0.4) is 0 Å². The van der Waals surface area contributed by atoms with Crippen LogP contribution in [0.5, 0.6) is 0 Å². The highest BCUT2D eigenvalue weighted by atomic mass is 16.7. The summed E-state index contributed by atoms with van der Waals surface area (Å²) in [6.45, 7) is 2.38. The van der Waals surface area contributed by atoms with Crippen LogP contribution in [0.2, 0.25) is 0 Å². The molecule has 0 radical (unpaired) electrons. The first-order chi connectivity index (χ1) is 15.0. The molecule has 1 aromatic heterocycles. The molecule has 0 aliphatic carbocycles. The molecule has 0 saturated heterocycles. The van der Waals surface area contributed by atoms with Gasteiger partial charge in [-0.25, -0.2) is 24.8 Å². The summed E-state index contributed by atoms with van der Waals surface area (Å²) in [5.74, 6) is -0.0208. The van der Waals surface area contributed by atoms with Crippen LogP contribution in [-0.2, 0) is 9.63 Å². The number of amides is 2. The Balaban J connectivity index is 1.83. The van der Waals surface area contributed by atoms with Crippen LogP contribution in [0.15, 0.2) is 47.5 Å². The zero-order valence-electron chi connectivity index (χ0n) is 17.1. The summed E-state index contributed by atoms with van der Waals surface area (Å²) in [7, 11) is 0. The molecule has 1 aromatic carbocycles. The van der Waals surface area contributed by atoms with Gasteiger partial charge in [0.25, 0.3) is 5.91 Å². The van der Waals surface area contributed by atoms with Gasteiger partial charge in [-0.3, -0.25) is 9.63 Å². The van der Waals surface area contributed by atoms with E-state index in [0.29, 0.717) is 30.1 Å². The van der Waals surface area contributed by atoms with Crippen molar-refractivity contribution in [3.05, 3.63) is 48.1 Å². The highest BCUT2D eigenvalue weighted by Crippen LogP contribution is 2.31. The van der Waals surface area contributed by atoms with E-state index in [0.717, 1.165) is 16.7 Å². The number of carbonyl (C=O) groups is 2. The van der Waals surface area contributed by atoms with Crippen LogP contribution in [-0.4, -0.2) is 57.7 Å². The molecule has 3 rings (SSSR count).